The summed E-state index contributed by atoms with van der Waals surface area (Å²) in [4.78, 5) is 10.1. The van der Waals surface area contributed by atoms with E-state index in [1.165, 1.54) is 6.92 Å². The molecule has 1 unspecified atom stereocenters. The summed E-state index contributed by atoms with van der Waals surface area (Å²) in [7, 11) is 0. The van der Waals surface area contributed by atoms with Crippen molar-refractivity contribution in [1.82, 2.24) is 0 Å². The van der Waals surface area contributed by atoms with Crippen LogP contribution in [0.15, 0.2) is 0 Å². The van der Waals surface area contributed by atoms with Crippen LogP contribution in [0.5, 0.6) is 0 Å². The summed E-state index contributed by atoms with van der Waals surface area (Å²) in [5.41, 5.74) is 0. The van der Waals surface area contributed by atoms with Crippen LogP contribution >= 0.6 is 0 Å². The van der Waals surface area contributed by atoms with E-state index in [4.69, 9.17) is 5.11 Å². The Balaban J connectivity index is 3.51. The van der Waals surface area contributed by atoms with Crippen molar-refractivity contribution in [2.24, 2.45) is 0 Å². The molecule has 5 heteroatoms. The van der Waals surface area contributed by atoms with Crippen LogP contribution in [0, 0.1) is 0 Å². The minimum Gasteiger partial charge on any atom is -0.479 e. The van der Waals surface area contributed by atoms with Gasteiger partial charge in [0.1, 0.15) is 0 Å². The molecule has 0 aliphatic carbocycles. The van der Waals surface area contributed by atoms with E-state index in [0.29, 0.717) is 0 Å². The average Bonchev–Trinajstić information content (AvgIpc) is 1.84. The molecule has 0 amide bonds. The van der Waals surface area contributed by atoms with E-state index in [1.54, 1.807) is 0 Å². The number of hydrogen-bond donors (Lipinski definition) is 1. The summed E-state index contributed by atoms with van der Waals surface area (Å²) in [6.07, 6.45) is -1.47. The van der Waals surface area contributed by atoms with Crippen LogP contribution in [0.25, 0.3) is 0 Å². The molecule has 0 saturated heterocycles. The number of carboxylic acids is 1. The van der Waals surface area contributed by atoms with Gasteiger partial charge in [-0.3, -0.25) is 0 Å². The van der Waals surface area contributed by atoms with Crippen molar-refractivity contribution in [2.75, 3.05) is 6.61 Å². The first kappa shape index (κ1) is 11.3. The summed E-state index contributed by atoms with van der Waals surface area (Å²) in [6.45, 7) is 1.83. The molecule has 0 saturated carbocycles. The number of hydrogen-bond acceptors (Lipinski definition) is 2. The largest absolute Gasteiger partial charge is 0.479 e. The van der Waals surface area contributed by atoms with Gasteiger partial charge in [-0.05, 0) is 13.8 Å². The lowest BCUT2D eigenvalue weighted by Crippen LogP contribution is -2.23. The van der Waals surface area contributed by atoms with Gasteiger partial charge in [0.05, 0.1) is 6.61 Å². The predicted octanol–water partition coefficient (Wildman–Crippen LogP) is 1.52. The molecule has 3 nitrogen and oxygen atoms in total. The van der Waals surface area contributed by atoms with Crippen LogP contribution in [0.4, 0.5) is 8.78 Å². The lowest BCUT2D eigenvalue weighted by molar-refractivity contribution is -0.150. The van der Waals surface area contributed by atoms with Gasteiger partial charge >= 0.3 is 5.97 Å². The van der Waals surface area contributed by atoms with Gasteiger partial charge in [-0.1, -0.05) is 0 Å². The molecule has 72 valence electrons. The fourth-order valence-electron chi connectivity index (χ4n) is 0.486. The van der Waals surface area contributed by atoms with Crippen LogP contribution in [-0.2, 0) is 9.53 Å². The number of carboxylic acid groups (broad SMARTS) is 1. The molecule has 1 atom stereocenters. The van der Waals surface area contributed by atoms with Crippen molar-refractivity contribution < 1.29 is 23.4 Å². The second-order valence-corrected chi connectivity index (χ2v) is 2.67. The minimum atomic E-state index is -2.79. The Morgan fingerprint density at radius 1 is 1.67 bits per heavy atom. The monoisotopic (exact) mass is 182 g/mol. The number of alkyl halides is 2. The Labute approximate surface area is 69.3 Å². The van der Waals surface area contributed by atoms with Gasteiger partial charge in [0.25, 0.3) is 0 Å². The lowest BCUT2D eigenvalue weighted by atomic mass is 10.3. The molecule has 1 N–H and O–H groups in total. The number of halogens is 2. The van der Waals surface area contributed by atoms with Gasteiger partial charge < -0.3 is 9.84 Å². The highest BCUT2D eigenvalue weighted by atomic mass is 19.3. The molecule has 0 aromatic rings. The van der Waals surface area contributed by atoms with Crippen LogP contribution in [0.2, 0.25) is 0 Å². The maximum Gasteiger partial charge on any atom is 0.332 e. The van der Waals surface area contributed by atoms with Gasteiger partial charge in [0.15, 0.2) is 6.10 Å². The smallest absolute Gasteiger partial charge is 0.332 e. The normalized spacial score (nSPS) is 14.3. The topological polar surface area (TPSA) is 46.5 Å². The Morgan fingerprint density at radius 3 is 2.50 bits per heavy atom. The number of carbonyl (C=O) groups is 1. The van der Waals surface area contributed by atoms with Gasteiger partial charge in [0, 0.05) is 6.42 Å². The Bertz CT molecular complexity index is 153. The highest BCUT2D eigenvalue weighted by Crippen LogP contribution is 2.16. The second kappa shape index (κ2) is 4.35. The molecule has 0 rings (SSSR count). The van der Waals surface area contributed by atoms with Gasteiger partial charge in [-0.2, -0.15) is 0 Å². The van der Waals surface area contributed by atoms with Crippen molar-refractivity contribution in [3.8, 4) is 0 Å². The molecule has 0 aliphatic rings. The molecular weight excluding hydrogens is 170 g/mol. The third-order valence-electron chi connectivity index (χ3n) is 1.26. The summed E-state index contributed by atoms with van der Waals surface area (Å²) >= 11 is 0. The number of aliphatic carboxylic acids is 1. The molecule has 0 fully saturated rings. The molecule has 0 heterocycles. The van der Waals surface area contributed by atoms with Crippen molar-refractivity contribution in [3.05, 3.63) is 0 Å². The molecule has 12 heavy (non-hydrogen) atoms. The molecule has 0 bridgehead atoms. The van der Waals surface area contributed by atoms with Gasteiger partial charge in [0.2, 0.25) is 5.92 Å². The van der Waals surface area contributed by atoms with Crippen LogP contribution < -0.4 is 0 Å². The molecule has 0 aromatic heterocycles. The first-order valence-corrected chi connectivity index (χ1v) is 3.55. The Morgan fingerprint density at radius 2 is 2.17 bits per heavy atom. The zero-order valence-electron chi connectivity index (χ0n) is 7.01. The van der Waals surface area contributed by atoms with Gasteiger partial charge in [-0.25, -0.2) is 13.6 Å². The number of rotatable bonds is 5. The lowest BCUT2D eigenvalue weighted by Gasteiger charge is -2.12. The van der Waals surface area contributed by atoms with E-state index in [2.05, 4.69) is 4.74 Å². The minimum absolute atomic E-state index is 0.239. The third-order valence-corrected chi connectivity index (χ3v) is 1.26. The average molecular weight is 182 g/mol. The van der Waals surface area contributed by atoms with Gasteiger partial charge in [-0.15, -0.1) is 0 Å². The van der Waals surface area contributed by atoms with E-state index in [-0.39, 0.29) is 6.61 Å². The van der Waals surface area contributed by atoms with Crippen molar-refractivity contribution in [3.63, 3.8) is 0 Å². The molecule has 0 aliphatic heterocycles. The Hall–Kier alpha value is -0.710. The summed E-state index contributed by atoms with van der Waals surface area (Å²) in [6, 6.07) is 0. The van der Waals surface area contributed by atoms with E-state index in [1.807, 2.05) is 0 Å². The molecule has 0 spiro atoms. The predicted molar refractivity (Wildman–Crippen MR) is 38.3 cm³/mol. The summed E-state index contributed by atoms with van der Waals surface area (Å²) in [5.74, 6) is -3.94. The molecular formula is C7H12F2O3. The highest BCUT2D eigenvalue weighted by molar-refractivity contribution is 5.71. The van der Waals surface area contributed by atoms with E-state index in [0.717, 1.165) is 6.92 Å². The summed E-state index contributed by atoms with van der Waals surface area (Å²) < 4.78 is 28.9. The SMILES string of the molecule is CC(OCCC(C)(F)F)C(=O)O. The second-order valence-electron chi connectivity index (χ2n) is 2.67. The van der Waals surface area contributed by atoms with Crippen molar-refractivity contribution in [1.29, 1.82) is 0 Å². The van der Waals surface area contributed by atoms with Crippen LogP contribution in [-0.4, -0.2) is 29.7 Å². The maximum absolute atomic E-state index is 12.1. The zero-order chi connectivity index (χ0) is 9.78. The van der Waals surface area contributed by atoms with Crippen LogP contribution in [0.1, 0.15) is 20.3 Å². The first-order valence-electron chi connectivity index (χ1n) is 3.55. The van der Waals surface area contributed by atoms with E-state index >= 15 is 0 Å². The molecule has 0 radical (unpaired) electrons. The molecule has 0 aromatic carbocycles. The fourth-order valence-corrected chi connectivity index (χ4v) is 0.486. The number of ether oxygens (including phenoxy) is 1. The van der Waals surface area contributed by atoms with Crippen molar-refractivity contribution in [2.45, 2.75) is 32.3 Å². The summed E-state index contributed by atoms with van der Waals surface area (Å²) in [5, 5.41) is 8.30. The first-order chi connectivity index (χ1) is 5.33. The van der Waals surface area contributed by atoms with Crippen LogP contribution in [0.3, 0.4) is 0 Å². The zero-order valence-corrected chi connectivity index (χ0v) is 7.01. The van der Waals surface area contributed by atoms with E-state index in [9.17, 15) is 13.6 Å². The highest BCUT2D eigenvalue weighted by Gasteiger charge is 2.21. The quantitative estimate of drug-likeness (QED) is 0.701. The standard InChI is InChI=1S/C7H12F2O3/c1-5(6(10)11)12-4-3-7(2,8)9/h5H,3-4H2,1-2H3,(H,10,11). The fraction of sp³-hybridized carbons (Fsp3) is 0.857. The Kier molecular flexibility index (Phi) is 4.09. The van der Waals surface area contributed by atoms with Crippen molar-refractivity contribution >= 4 is 5.97 Å². The maximum atomic E-state index is 12.1. The third kappa shape index (κ3) is 6.03. The van der Waals surface area contributed by atoms with E-state index < -0.39 is 24.4 Å².